The van der Waals surface area contributed by atoms with E-state index in [4.69, 9.17) is 0 Å². The molecule has 1 heterocycles. The molecule has 0 aromatic heterocycles. The largest absolute Gasteiger partial charge is 0.393 e. The van der Waals surface area contributed by atoms with Crippen molar-refractivity contribution in [3.05, 3.63) is 0 Å². The molecule has 116 valence electrons. The summed E-state index contributed by atoms with van der Waals surface area (Å²) in [6.07, 6.45) is 3.60. The van der Waals surface area contributed by atoms with Crippen LogP contribution in [0.5, 0.6) is 0 Å². The first-order valence-electron chi connectivity index (χ1n) is 7.33. The molecule has 1 aliphatic heterocycles. The van der Waals surface area contributed by atoms with Crippen molar-refractivity contribution in [3.63, 3.8) is 0 Å². The van der Waals surface area contributed by atoms with E-state index in [1.54, 1.807) is 0 Å². The minimum Gasteiger partial charge on any atom is -0.393 e. The Morgan fingerprint density at radius 1 is 1.35 bits per heavy atom. The van der Waals surface area contributed by atoms with Crippen molar-refractivity contribution in [2.45, 2.75) is 44.2 Å². The van der Waals surface area contributed by atoms with Gasteiger partial charge in [-0.25, -0.2) is 8.42 Å². The molecule has 3 N–H and O–H groups in total. The number of nitrogens with one attached hydrogen (secondary N) is 2. The van der Waals surface area contributed by atoms with Crippen molar-refractivity contribution in [2.24, 2.45) is 5.92 Å². The van der Waals surface area contributed by atoms with Gasteiger partial charge in [-0.15, -0.1) is 0 Å². The molecule has 0 aromatic rings. The average molecular weight is 304 g/mol. The molecule has 0 radical (unpaired) electrons. The zero-order chi connectivity index (χ0) is 14.6. The molecule has 2 fully saturated rings. The van der Waals surface area contributed by atoms with E-state index in [9.17, 15) is 18.3 Å². The number of sulfone groups is 1. The number of hydrogen-bond acceptors (Lipinski definition) is 5. The van der Waals surface area contributed by atoms with Crippen molar-refractivity contribution in [1.82, 2.24) is 10.6 Å². The number of rotatable bonds is 4. The quantitative estimate of drug-likeness (QED) is 0.646. The highest BCUT2D eigenvalue weighted by molar-refractivity contribution is 7.91. The summed E-state index contributed by atoms with van der Waals surface area (Å²) in [5.41, 5.74) is 0. The SMILES string of the molecule is O=C(CC1CS(=O)(=O)CCN1)NCC1CCCC(O)C1. The molecule has 3 atom stereocenters. The predicted octanol–water partition coefficient (Wildman–Crippen LogP) is -0.570. The molecule has 1 saturated carbocycles. The first-order valence-corrected chi connectivity index (χ1v) is 9.15. The molecular formula is C13H24N2O4S. The van der Waals surface area contributed by atoms with Crippen LogP contribution in [0.25, 0.3) is 0 Å². The summed E-state index contributed by atoms with van der Waals surface area (Å²) >= 11 is 0. The third-order valence-electron chi connectivity index (χ3n) is 4.08. The number of aliphatic hydroxyl groups is 1. The maximum Gasteiger partial charge on any atom is 0.221 e. The third kappa shape index (κ3) is 5.03. The van der Waals surface area contributed by atoms with E-state index >= 15 is 0 Å². The van der Waals surface area contributed by atoms with Crippen LogP contribution in [-0.4, -0.2) is 56.2 Å². The van der Waals surface area contributed by atoms with E-state index in [0.29, 0.717) is 19.0 Å². The maximum atomic E-state index is 11.8. The fourth-order valence-corrected chi connectivity index (χ4v) is 4.44. The van der Waals surface area contributed by atoms with Gasteiger partial charge in [-0.1, -0.05) is 6.42 Å². The van der Waals surface area contributed by atoms with Gasteiger partial charge in [0.15, 0.2) is 9.84 Å². The Hall–Kier alpha value is -0.660. The van der Waals surface area contributed by atoms with Gasteiger partial charge in [0.05, 0.1) is 17.6 Å². The normalized spacial score (nSPS) is 33.5. The smallest absolute Gasteiger partial charge is 0.221 e. The van der Waals surface area contributed by atoms with Crippen LogP contribution >= 0.6 is 0 Å². The van der Waals surface area contributed by atoms with Gasteiger partial charge in [0.2, 0.25) is 5.91 Å². The second-order valence-corrected chi connectivity index (χ2v) is 8.19. The Morgan fingerprint density at radius 2 is 2.15 bits per heavy atom. The lowest BCUT2D eigenvalue weighted by Crippen LogP contribution is -2.47. The third-order valence-corrected chi connectivity index (χ3v) is 5.81. The molecule has 20 heavy (non-hydrogen) atoms. The first kappa shape index (κ1) is 15.7. The summed E-state index contributed by atoms with van der Waals surface area (Å²) in [5, 5.41) is 15.5. The van der Waals surface area contributed by atoms with E-state index in [0.717, 1.165) is 25.7 Å². The zero-order valence-electron chi connectivity index (χ0n) is 11.7. The van der Waals surface area contributed by atoms with Crippen molar-refractivity contribution in [3.8, 4) is 0 Å². The fourth-order valence-electron chi connectivity index (χ4n) is 3.00. The van der Waals surface area contributed by atoms with E-state index < -0.39 is 9.84 Å². The minimum atomic E-state index is -3.00. The van der Waals surface area contributed by atoms with Crippen molar-refractivity contribution in [2.75, 3.05) is 24.6 Å². The molecule has 0 spiro atoms. The average Bonchev–Trinajstić information content (AvgIpc) is 2.35. The van der Waals surface area contributed by atoms with Crippen LogP contribution in [0.15, 0.2) is 0 Å². The number of amides is 1. The van der Waals surface area contributed by atoms with E-state index in [1.165, 1.54) is 0 Å². The second-order valence-electron chi connectivity index (χ2n) is 5.96. The molecule has 1 amide bonds. The lowest BCUT2D eigenvalue weighted by atomic mass is 9.87. The van der Waals surface area contributed by atoms with E-state index in [-0.39, 0.29) is 36.0 Å². The van der Waals surface area contributed by atoms with E-state index in [1.807, 2.05) is 0 Å². The predicted molar refractivity (Wildman–Crippen MR) is 76.0 cm³/mol. The molecule has 7 heteroatoms. The number of hydrogen-bond donors (Lipinski definition) is 3. The van der Waals surface area contributed by atoms with Crippen LogP contribution in [0.3, 0.4) is 0 Å². The summed E-state index contributed by atoms with van der Waals surface area (Å²) in [4.78, 5) is 11.8. The molecule has 0 bridgehead atoms. The van der Waals surface area contributed by atoms with E-state index in [2.05, 4.69) is 10.6 Å². The molecule has 2 aliphatic rings. The second kappa shape index (κ2) is 6.87. The van der Waals surface area contributed by atoms with Gasteiger partial charge in [0, 0.05) is 25.6 Å². The fraction of sp³-hybridized carbons (Fsp3) is 0.923. The van der Waals surface area contributed by atoms with Gasteiger partial charge >= 0.3 is 0 Å². The van der Waals surface area contributed by atoms with Crippen LogP contribution in [0.4, 0.5) is 0 Å². The summed E-state index contributed by atoms with van der Waals surface area (Å²) < 4.78 is 23.0. The van der Waals surface area contributed by atoms with Gasteiger partial charge in [0.1, 0.15) is 0 Å². The Morgan fingerprint density at radius 3 is 2.85 bits per heavy atom. The number of carbonyl (C=O) groups excluding carboxylic acids is 1. The van der Waals surface area contributed by atoms with Crippen molar-refractivity contribution in [1.29, 1.82) is 0 Å². The topological polar surface area (TPSA) is 95.5 Å². The van der Waals surface area contributed by atoms with Crippen LogP contribution in [0.2, 0.25) is 0 Å². The maximum absolute atomic E-state index is 11.8. The summed E-state index contributed by atoms with van der Waals surface area (Å²) in [6, 6.07) is -0.273. The van der Waals surface area contributed by atoms with Crippen molar-refractivity contribution >= 4 is 15.7 Å². The number of carbonyl (C=O) groups is 1. The van der Waals surface area contributed by atoms with Gasteiger partial charge in [0.25, 0.3) is 0 Å². The summed E-state index contributed by atoms with van der Waals surface area (Å²) in [5.74, 6) is 0.429. The zero-order valence-corrected chi connectivity index (χ0v) is 12.5. The highest BCUT2D eigenvalue weighted by Gasteiger charge is 2.26. The molecule has 0 aromatic carbocycles. The molecular weight excluding hydrogens is 280 g/mol. The molecule has 3 unspecified atom stereocenters. The Bertz CT molecular complexity index is 438. The molecule has 1 aliphatic carbocycles. The lowest BCUT2D eigenvalue weighted by Gasteiger charge is -2.27. The van der Waals surface area contributed by atoms with Gasteiger partial charge in [-0.3, -0.25) is 4.79 Å². The minimum absolute atomic E-state index is 0.0442. The standard InChI is InChI=1S/C13H24N2O4S/c16-12-3-1-2-10(6-12)8-15-13(17)7-11-9-20(18,19)5-4-14-11/h10-12,14,16H,1-9H2,(H,15,17). The summed E-state index contributed by atoms with van der Waals surface area (Å²) in [6.45, 7) is 1.00. The Labute approximate surface area is 120 Å². The Balaban J connectivity index is 1.70. The van der Waals surface area contributed by atoms with Gasteiger partial charge in [-0.2, -0.15) is 0 Å². The monoisotopic (exact) mass is 304 g/mol. The Kier molecular flexibility index (Phi) is 5.40. The highest BCUT2D eigenvalue weighted by Crippen LogP contribution is 2.23. The lowest BCUT2D eigenvalue weighted by molar-refractivity contribution is -0.121. The molecule has 6 nitrogen and oxygen atoms in total. The van der Waals surface area contributed by atoms with Crippen molar-refractivity contribution < 1.29 is 18.3 Å². The molecule has 2 rings (SSSR count). The number of aliphatic hydroxyl groups excluding tert-OH is 1. The highest BCUT2D eigenvalue weighted by atomic mass is 32.2. The van der Waals surface area contributed by atoms with Crippen LogP contribution in [0.1, 0.15) is 32.1 Å². The van der Waals surface area contributed by atoms with Crippen LogP contribution in [0, 0.1) is 5.92 Å². The van der Waals surface area contributed by atoms with Crippen LogP contribution in [-0.2, 0) is 14.6 Å². The van der Waals surface area contributed by atoms with Gasteiger partial charge < -0.3 is 15.7 Å². The van der Waals surface area contributed by atoms with Gasteiger partial charge in [-0.05, 0) is 25.2 Å². The summed E-state index contributed by atoms with van der Waals surface area (Å²) in [7, 11) is -3.00. The van der Waals surface area contributed by atoms with Crippen LogP contribution < -0.4 is 10.6 Å². The first-order chi connectivity index (χ1) is 9.44. The molecule has 1 saturated heterocycles.